The highest BCUT2D eigenvalue weighted by atomic mass is 79.9. The van der Waals surface area contributed by atoms with Crippen molar-refractivity contribution in [2.75, 3.05) is 0 Å². The Morgan fingerprint density at radius 2 is 1.22 bits per heavy atom. The van der Waals surface area contributed by atoms with Crippen molar-refractivity contribution < 1.29 is 19.7 Å². The maximum absolute atomic E-state index is 13.3. The zero-order valence-electron chi connectivity index (χ0n) is 16.0. The molecule has 1 aliphatic heterocycles. The molecule has 32 heavy (non-hydrogen) atoms. The fourth-order valence-electron chi connectivity index (χ4n) is 4.16. The van der Waals surface area contributed by atoms with Crippen molar-refractivity contribution in [3.05, 3.63) is 101 Å². The van der Waals surface area contributed by atoms with Gasteiger partial charge in [-0.05, 0) is 98.8 Å². The molecule has 0 aromatic heterocycles. The molecule has 2 N–H and O–H groups in total. The van der Waals surface area contributed by atoms with Crippen LogP contribution in [0.1, 0.15) is 27.0 Å². The van der Waals surface area contributed by atoms with E-state index in [4.69, 9.17) is 4.74 Å². The van der Waals surface area contributed by atoms with E-state index in [0.29, 0.717) is 40.1 Å². The van der Waals surface area contributed by atoms with Gasteiger partial charge in [-0.15, -0.1) is 0 Å². The van der Waals surface area contributed by atoms with Crippen molar-refractivity contribution in [3.63, 3.8) is 0 Å². The van der Waals surface area contributed by atoms with Crippen LogP contribution in [-0.4, -0.2) is 16.2 Å². The number of esters is 1. The van der Waals surface area contributed by atoms with Gasteiger partial charge in [-0.2, -0.15) is 0 Å². The van der Waals surface area contributed by atoms with Crippen LogP contribution in [0, 0.1) is 0 Å². The minimum Gasteiger partial charge on any atom is -0.506 e. The number of fused-ring (bicyclic) bond motifs is 3. The molecule has 0 saturated heterocycles. The number of ether oxygens (including phenoxy) is 1. The van der Waals surface area contributed by atoms with E-state index in [0.717, 1.165) is 10.8 Å². The van der Waals surface area contributed by atoms with E-state index >= 15 is 0 Å². The lowest BCUT2D eigenvalue weighted by atomic mass is 9.79. The molecule has 1 aliphatic rings. The normalized spacial score (nSPS) is 14.4. The van der Waals surface area contributed by atoms with Gasteiger partial charge in [-0.3, -0.25) is 0 Å². The summed E-state index contributed by atoms with van der Waals surface area (Å²) >= 11 is 13.6. The molecule has 0 unspecified atom stereocenters. The number of hydrogen-bond donors (Lipinski definition) is 2. The number of phenols is 2. The molecule has 4 aromatic rings. The third-order valence-electron chi connectivity index (χ3n) is 5.61. The Morgan fingerprint density at radius 3 is 1.75 bits per heavy atom. The molecule has 4 aromatic carbocycles. The van der Waals surface area contributed by atoms with Crippen molar-refractivity contribution in [3.8, 4) is 11.5 Å². The van der Waals surface area contributed by atoms with Crippen molar-refractivity contribution in [1.82, 2.24) is 0 Å². The highest BCUT2D eigenvalue weighted by Gasteiger charge is 2.50. The number of carbonyl (C=O) groups excluding carboxylic acids is 1. The summed E-state index contributed by atoms with van der Waals surface area (Å²) in [6.45, 7) is 0. The van der Waals surface area contributed by atoms with Crippen LogP contribution in [0.3, 0.4) is 0 Å². The SMILES string of the molecule is O=C1OC(c2cc(Br)c(O)c(Br)c2)(c2cc(Br)c(O)c(Br)c2)c2ccc3ccccc3c21. The summed E-state index contributed by atoms with van der Waals surface area (Å²) in [5, 5.41) is 22.3. The van der Waals surface area contributed by atoms with Crippen molar-refractivity contribution in [2.45, 2.75) is 5.60 Å². The van der Waals surface area contributed by atoms with Crippen LogP contribution < -0.4 is 0 Å². The van der Waals surface area contributed by atoms with E-state index in [1.165, 1.54) is 0 Å². The first-order valence-corrected chi connectivity index (χ1v) is 12.5. The summed E-state index contributed by atoms with van der Waals surface area (Å²) in [5.41, 5.74) is 1.11. The first-order chi connectivity index (χ1) is 15.2. The number of aromatic hydroxyl groups is 2. The smallest absolute Gasteiger partial charge is 0.340 e. The molecule has 1 heterocycles. The quantitative estimate of drug-likeness (QED) is 0.212. The highest BCUT2D eigenvalue weighted by molar-refractivity contribution is 9.11. The van der Waals surface area contributed by atoms with Gasteiger partial charge in [0.25, 0.3) is 0 Å². The fourth-order valence-corrected chi connectivity index (χ4v) is 6.54. The summed E-state index contributed by atoms with van der Waals surface area (Å²) in [6, 6.07) is 18.4. The predicted octanol–water partition coefficient (Wildman–Crippen LogP) is 7.76. The van der Waals surface area contributed by atoms with E-state index in [1.54, 1.807) is 24.3 Å². The number of rotatable bonds is 2. The van der Waals surface area contributed by atoms with Crippen LogP contribution >= 0.6 is 63.7 Å². The molecular formula is C24H12Br4O4. The Labute approximate surface area is 216 Å². The highest BCUT2D eigenvalue weighted by Crippen LogP contribution is 2.52. The van der Waals surface area contributed by atoms with Gasteiger partial charge >= 0.3 is 5.97 Å². The summed E-state index contributed by atoms with van der Waals surface area (Å²) in [7, 11) is 0. The van der Waals surface area contributed by atoms with Gasteiger partial charge in [0, 0.05) is 16.7 Å². The average molecular weight is 684 g/mol. The lowest BCUT2D eigenvalue weighted by Gasteiger charge is -2.31. The van der Waals surface area contributed by atoms with Crippen molar-refractivity contribution >= 4 is 80.5 Å². The topological polar surface area (TPSA) is 66.8 Å². The van der Waals surface area contributed by atoms with Gasteiger partial charge in [0.15, 0.2) is 5.60 Å². The third kappa shape index (κ3) is 3.15. The molecular weight excluding hydrogens is 672 g/mol. The van der Waals surface area contributed by atoms with E-state index in [1.807, 2.05) is 36.4 Å². The molecule has 0 spiro atoms. The van der Waals surface area contributed by atoms with Gasteiger partial charge in [0.2, 0.25) is 0 Å². The van der Waals surface area contributed by atoms with Crippen molar-refractivity contribution in [2.24, 2.45) is 0 Å². The second-order valence-electron chi connectivity index (χ2n) is 7.36. The molecule has 160 valence electrons. The van der Waals surface area contributed by atoms with Gasteiger partial charge in [0.05, 0.1) is 23.5 Å². The second-order valence-corrected chi connectivity index (χ2v) is 10.8. The summed E-state index contributed by atoms with van der Waals surface area (Å²) < 4.78 is 8.00. The van der Waals surface area contributed by atoms with Gasteiger partial charge in [-0.1, -0.05) is 36.4 Å². The second kappa shape index (κ2) is 7.87. The van der Waals surface area contributed by atoms with Gasteiger partial charge < -0.3 is 14.9 Å². The Hall–Kier alpha value is -1.87. The van der Waals surface area contributed by atoms with Crippen LogP contribution in [0.25, 0.3) is 10.8 Å². The van der Waals surface area contributed by atoms with Crippen molar-refractivity contribution in [1.29, 1.82) is 0 Å². The zero-order valence-corrected chi connectivity index (χ0v) is 22.3. The lowest BCUT2D eigenvalue weighted by Crippen LogP contribution is -2.29. The van der Waals surface area contributed by atoms with E-state index < -0.39 is 11.6 Å². The van der Waals surface area contributed by atoms with E-state index in [-0.39, 0.29) is 11.5 Å². The van der Waals surface area contributed by atoms with Crippen LogP contribution in [0.4, 0.5) is 0 Å². The number of benzene rings is 4. The number of halogens is 4. The molecule has 0 bridgehead atoms. The molecule has 5 rings (SSSR count). The van der Waals surface area contributed by atoms with Gasteiger partial charge in [0.1, 0.15) is 11.5 Å². The maximum atomic E-state index is 13.3. The Bertz CT molecular complexity index is 1340. The standard InChI is InChI=1S/C24H12Br4O4/c25-16-7-12(8-17(26)21(16)29)24(13-9-18(27)22(30)19(28)10-13)15-6-5-11-3-1-2-4-14(11)20(15)23(31)32-24/h1-10,29-30H. The number of carbonyl (C=O) groups is 1. The largest absolute Gasteiger partial charge is 0.506 e. The van der Waals surface area contributed by atoms with Crippen LogP contribution in [0.15, 0.2) is 78.6 Å². The number of phenolic OH excluding ortho intramolecular Hbond substituents is 2. The molecule has 0 amide bonds. The fraction of sp³-hybridized carbons (Fsp3) is 0.0417. The Morgan fingerprint density at radius 1 is 0.719 bits per heavy atom. The minimum atomic E-state index is -1.31. The minimum absolute atomic E-state index is 0.0417. The van der Waals surface area contributed by atoms with Crippen LogP contribution in [-0.2, 0) is 10.3 Å². The molecule has 0 saturated carbocycles. The first kappa shape index (κ1) is 21.9. The van der Waals surface area contributed by atoms with Gasteiger partial charge in [-0.25, -0.2) is 4.79 Å². The summed E-state index contributed by atoms with van der Waals surface area (Å²) in [6.07, 6.45) is 0. The monoisotopic (exact) mass is 680 g/mol. The Balaban J connectivity index is 1.93. The third-order valence-corrected chi connectivity index (χ3v) is 8.02. The number of hydrogen-bond acceptors (Lipinski definition) is 4. The lowest BCUT2D eigenvalue weighted by molar-refractivity contribution is 0.0251. The summed E-state index contributed by atoms with van der Waals surface area (Å²) in [5.74, 6) is -0.363. The molecule has 0 radical (unpaired) electrons. The van der Waals surface area contributed by atoms with E-state index in [2.05, 4.69) is 63.7 Å². The summed E-state index contributed by atoms with van der Waals surface area (Å²) in [4.78, 5) is 13.3. The maximum Gasteiger partial charge on any atom is 0.340 e. The predicted molar refractivity (Wildman–Crippen MR) is 136 cm³/mol. The molecule has 4 nitrogen and oxygen atoms in total. The average Bonchev–Trinajstić information content (AvgIpc) is 3.09. The van der Waals surface area contributed by atoms with Crippen LogP contribution in [0.5, 0.6) is 11.5 Å². The zero-order chi connectivity index (χ0) is 22.8. The molecule has 0 aliphatic carbocycles. The molecule has 0 atom stereocenters. The number of cyclic esters (lactones) is 1. The van der Waals surface area contributed by atoms with E-state index in [9.17, 15) is 15.0 Å². The van der Waals surface area contributed by atoms with Crippen LogP contribution in [0.2, 0.25) is 0 Å². The first-order valence-electron chi connectivity index (χ1n) is 9.36. The Kier molecular flexibility index (Phi) is 5.40. The molecule has 8 heteroatoms. The molecule has 0 fully saturated rings.